The van der Waals surface area contributed by atoms with Crippen molar-refractivity contribution in [1.82, 2.24) is 0 Å². The van der Waals surface area contributed by atoms with E-state index in [2.05, 4.69) is 6.92 Å². The van der Waals surface area contributed by atoms with Gasteiger partial charge in [0.2, 0.25) is 0 Å². The number of esters is 2. The zero-order valence-electron chi connectivity index (χ0n) is 11.6. The van der Waals surface area contributed by atoms with Gasteiger partial charge in [-0.15, -0.1) is 0 Å². The molecule has 0 heterocycles. The summed E-state index contributed by atoms with van der Waals surface area (Å²) < 4.78 is 9.90. The highest BCUT2D eigenvalue weighted by molar-refractivity contribution is 5.69. The summed E-state index contributed by atoms with van der Waals surface area (Å²) in [7, 11) is 0. The van der Waals surface area contributed by atoms with Crippen molar-refractivity contribution in [2.45, 2.75) is 46.5 Å². The normalized spacial score (nSPS) is 12.4. The first-order valence-corrected chi connectivity index (χ1v) is 6.55. The van der Waals surface area contributed by atoms with Crippen molar-refractivity contribution in [2.75, 3.05) is 13.2 Å². The predicted molar refractivity (Wildman–Crippen MR) is 70.0 cm³/mol. The fourth-order valence-electron chi connectivity index (χ4n) is 1.45. The van der Waals surface area contributed by atoms with Crippen LogP contribution in [0.25, 0.3) is 0 Å². The molecule has 0 N–H and O–H groups in total. The number of rotatable bonds is 9. The van der Waals surface area contributed by atoms with E-state index in [1.165, 1.54) is 6.92 Å². The van der Waals surface area contributed by atoms with Crippen molar-refractivity contribution < 1.29 is 19.1 Å². The van der Waals surface area contributed by atoms with E-state index in [9.17, 15) is 9.59 Å². The summed E-state index contributed by atoms with van der Waals surface area (Å²) in [6.45, 7) is 6.18. The highest BCUT2D eigenvalue weighted by atomic mass is 16.5. The molecule has 4 heteroatoms. The van der Waals surface area contributed by atoms with Crippen LogP contribution in [0.5, 0.6) is 0 Å². The van der Waals surface area contributed by atoms with Gasteiger partial charge in [-0.2, -0.15) is 0 Å². The van der Waals surface area contributed by atoms with Gasteiger partial charge in [0.1, 0.15) is 6.61 Å². The summed E-state index contributed by atoms with van der Waals surface area (Å²) in [6.07, 6.45) is 6.93. The summed E-state index contributed by atoms with van der Waals surface area (Å²) in [5, 5.41) is 0. The van der Waals surface area contributed by atoms with Crippen molar-refractivity contribution in [3.8, 4) is 0 Å². The van der Waals surface area contributed by atoms with E-state index in [4.69, 9.17) is 9.47 Å². The molecule has 0 amide bonds. The average Bonchev–Trinajstić information content (AvgIpc) is 2.32. The van der Waals surface area contributed by atoms with Gasteiger partial charge in [-0.3, -0.25) is 9.59 Å². The lowest BCUT2D eigenvalue weighted by molar-refractivity contribution is -0.144. The zero-order valence-corrected chi connectivity index (χ0v) is 11.6. The van der Waals surface area contributed by atoms with Crippen molar-refractivity contribution in [2.24, 2.45) is 5.92 Å². The van der Waals surface area contributed by atoms with E-state index in [-0.39, 0.29) is 11.9 Å². The molecule has 1 unspecified atom stereocenters. The highest BCUT2D eigenvalue weighted by Gasteiger charge is 2.05. The van der Waals surface area contributed by atoms with E-state index < -0.39 is 0 Å². The van der Waals surface area contributed by atoms with Crippen LogP contribution in [0.1, 0.15) is 46.5 Å². The van der Waals surface area contributed by atoms with Crippen molar-refractivity contribution in [1.29, 1.82) is 0 Å². The first kappa shape index (κ1) is 16.7. The molecule has 0 bridgehead atoms. The summed E-state index contributed by atoms with van der Waals surface area (Å²) in [6, 6.07) is 0. The maximum absolute atomic E-state index is 11.2. The maximum atomic E-state index is 11.2. The molecule has 0 saturated heterocycles. The van der Waals surface area contributed by atoms with Gasteiger partial charge in [-0.1, -0.05) is 26.0 Å². The largest absolute Gasteiger partial charge is 0.466 e. The van der Waals surface area contributed by atoms with Crippen LogP contribution in [0.4, 0.5) is 0 Å². The van der Waals surface area contributed by atoms with Crippen molar-refractivity contribution in [3.05, 3.63) is 12.2 Å². The molecule has 0 radical (unpaired) electrons. The van der Waals surface area contributed by atoms with Crippen LogP contribution < -0.4 is 0 Å². The maximum Gasteiger partial charge on any atom is 0.305 e. The molecule has 18 heavy (non-hydrogen) atoms. The minimum Gasteiger partial charge on any atom is -0.466 e. The molecule has 0 spiro atoms. The Morgan fingerprint density at radius 3 is 2.50 bits per heavy atom. The first-order chi connectivity index (χ1) is 8.60. The number of allylic oxidation sites excluding steroid dienone is 1. The number of hydrogen-bond acceptors (Lipinski definition) is 4. The Hall–Kier alpha value is -1.32. The summed E-state index contributed by atoms with van der Waals surface area (Å²) in [5.41, 5.74) is 0. The standard InChI is InChI=1S/C14H24O4/c1-4-7-14(16)18-11-9-13(5-2)8-6-10-17-12(3)15/h6,8,13H,4-5,7,9-11H2,1-3H3. The smallest absolute Gasteiger partial charge is 0.305 e. The molecular weight excluding hydrogens is 232 g/mol. The van der Waals surface area contributed by atoms with E-state index in [0.29, 0.717) is 25.6 Å². The lowest BCUT2D eigenvalue weighted by Crippen LogP contribution is -2.08. The number of carbonyl (C=O) groups is 2. The van der Waals surface area contributed by atoms with Crippen LogP contribution >= 0.6 is 0 Å². The lowest BCUT2D eigenvalue weighted by Gasteiger charge is -2.10. The second-order valence-corrected chi connectivity index (χ2v) is 4.16. The van der Waals surface area contributed by atoms with Gasteiger partial charge in [0.05, 0.1) is 6.61 Å². The Balaban J connectivity index is 3.76. The van der Waals surface area contributed by atoms with Crippen LogP contribution in [-0.2, 0) is 19.1 Å². The Labute approximate surface area is 109 Å². The second-order valence-electron chi connectivity index (χ2n) is 4.16. The van der Waals surface area contributed by atoms with E-state index in [1.54, 1.807) is 0 Å². The molecular formula is C14H24O4. The number of carbonyl (C=O) groups excluding carboxylic acids is 2. The lowest BCUT2D eigenvalue weighted by atomic mass is 10.0. The van der Waals surface area contributed by atoms with Gasteiger partial charge in [0, 0.05) is 13.3 Å². The monoisotopic (exact) mass is 256 g/mol. The molecule has 1 atom stereocenters. The van der Waals surface area contributed by atoms with Crippen molar-refractivity contribution >= 4 is 11.9 Å². The fourth-order valence-corrected chi connectivity index (χ4v) is 1.45. The molecule has 0 aromatic heterocycles. The molecule has 0 saturated carbocycles. The molecule has 0 aromatic rings. The molecule has 0 aliphatic rings. The van der Waals surface area contributed by atoms with Crippen LogP contribution in [0, 0.1) is 5.92 Å². The van der Waals surface area contributed by atoms with E-state index in [0.717, 1.165) is 19.3 Å². The Morgan fingerprint density at radius 2 is 1.94 bits per heavy atom. The molecule has 0 aliphatic heterocycles. The molecule has 0 aromatic carbocycles. The van der Waals surface area contributed by atoms with Gasteiger partial charge in [-0.05, 0) is 25.2 Å². The summed E-state index contributed by atoms with van der Waals surface area (Å²) in [5.74, 6) is -0.0487. The molecule has 4 nitrogen and oxygen atoms in total. The zero-order chi connectivity index (χ0) is 13.8. The summed E-state index contributed by atoms with van der Waals surface area (Å²) in [4.78, 5) is 21.7. The topological polar surface area (TPSA) is 52.6 Å². The van der Waals surface area contributed by atoms with Crippen LogP contribution in [0.2, 0.25) is 0 Å². The van der Waals surface area contributed by atoms with Gasteiger partial charge in [0.15, 0.2) is 0 Å². The third-order valence-electron chi connectivity index (χ3n) is 2.52. The molecule has 0 fully saturated rings. The molecule has 104 valence electrons. The summed E-state index contributed by atoms with van der Waals surface area (Å²) >= 11 is 0. The van der Waals surface area contributed by atoms with Crippen LogP contribution in [0.3, 0.4) is 0 Å². The SMILES string of the molecule is CCCC(=O)OCCC(C=CCOC(C)=O)CC. The van der Waals surface area contributed by atoms with Gasteiger partial charge in [-0.25, -0.2) is 0 Å². The van der Waals surface area contributed by atoms with E-state index in [1.807, 2.05) is 19.1 Å². The minimum absolute atomic E-state index is 0.128. The fraction of sp³-hybridized carbons (Fsp3) is 0.714. The Kier molecular flexibility index (Phi) is 10.0. The Bertz CT molecular complexity index is 271. The quantitative estimate of drug-likeness (QED) is 0.470. The second kappa shape index (κ2) is 10.8. The minimum atomic E-state index is -0.277. The molecule has 0 aliphatic carbocycles. The highest BCUT2D eigenvalue weighted by Crippen LogP contribution is 2.10. The first-order valence-electron chi connectivity index (χ1n) is 6.55. The van der Waals surface area contributed by atoms with Gasteiger partial charge >= 0.3 is 11.9 Å². The number of ether oxygens (including phenoxy) is 2. The van der Waals surface area contributed by atoms with Crippen molar-refractivity contribution in [3.63, 3.8) is 0 Å². The van der Waals surface area contributed by atoms with Crippen LogP contribution in [-0.4, -0.2) is 25.2 Å². The third-order valence-corrected chi connectivity index (χ3v) is 2.52. The predicted octanol–water partition coefficient (Wildman–Crippen LogP) is 2.87. The van der Waals surface area contributed by atoms with Gasteiger partial charge in [0.25, 0.3) is 0 Å². The molecule has 0 rings (SSSR count). The van der Waals surface area contributed by atoms with Gasteiger partial charge < -0.3 is 9.47 Å². The number of hydrogen-bond donors (Lipinski definition) is 0. The third kappa shape index (κ3) is 9.87. The van der Waals surface area contributed by atoms with E-state index >= 15 is 0 Å². The average molecular weight is 256 g/mol. The van der Waals surface area contributed by atoms with Crippen LogP contribution in [0.15, 0.2) is 12.2 Å². The Morgan fingerprint density at radius 1 is 1.22 bits per heavy atom.